The molecule has 1 amide bonds. The van der Waals surface area contributed by atoms with Crippen molar-refractivity contribution in [2.75, 3.05) is 13.1 Å². The van der Waals surface area contributed by atoms with Gasteiger partial charge in [-0.1, -0.05) is 48.0 Å². The van der Waals surface area contributed by atoms with E-state index in [-0.39, 0.29) is 24.2 Å². The van der Waals surface area contributed by atoms with Gasteiger partial charge in [-0.15, -0.1) is 12.4 Å². The van der Waals surface area contributed by atoms with Crippen LogP contribution in [0.5, 0.6) is 0 Å². The molecule has 1 spiro atoms. The third-order valence-electron chi connectivity index (χ3n) is 5.85. The Balaban J connectivity index is 0.00000196. The summed E-state index contributed by atoms with van der Waals surface area (Å²) in [4.78, 5) is 12.5. The summed E-state index contributed by atoms with van der Waals surface area (Å²) >= 11 is 0. The molecule has 0 radical (unpaired) electrons. The lowest BCUT2D eigenvalue weighted by Gasteiger charge is -2.23. The molecule has 1 saturated carbocycles. The first-order valence-electron chi connectivity index (χ1n) is 9.31. The molecule has 138 valence electrons. The van der Waals surface area contributed by atoms with Gasteiger partial charge in [-0.05, 0) is 67.4 Å². The summed E-state index contributed by atoms with van der Waals surface area (Å²) in [6.07, 6.45) is 3.37. The minimum atomic E-state index is 0. The van der Waals surface area contributed by atoms with Crippen LogP contribution in [0.15, 0.2) is 48.5 Å². The molecule has 2 aromatic carbocycles. The normalized spacial score (nSPS) is 20.3. The van der Waals surface area contributed by atoms with Gasteiger partial charge in [0.25, 0.3) is 0 Å². The largest absolute Gasteiger partial charge is 0.352 e. The molecule has 2 aromatic rings. The first-order chi connectivity index (χ1) is 12.2. The molecule has 0 bridgehead atoms. The van der Waals surface area contributed by atoms with Gasteiger partial charge in [-0.2, -0.15) is 0 Å². The first-order valence-corrected chi connectivity index (χ1v) is 9.31. The average Bonchev–Trinajstić information content (AvgIpc) is 3.33. The van der Waals surface area contributed by atoms with Crippen LogP contribution in [0.3, 0.4) is 0 Å². The van der Waals surface area contributed by atoms with Gasteiger partial charge in [0.15, 0.2) is 0 Å². The molecule has 1 heterocycles. The fourth-order valence-electron chi connectivity index (χ4n) is 4.19. The monoisotopic (exact) mass is 370 g/mol. The lowest BCUT2D eigenvalue weighted by Crippen LogP contribution is -2.33. The summed E-state index contributed by atoms with van der Waals surface area (Å²) in [5, 5.41) is 6.55. The highest BCUT2D eigenvalue weighted by molar-refractivity contribution is 5.85. The molecule has 4 rings (SSSR count). The summed E-state index contributed by atoms with van der Waals surface area (Å²) in [6, 6.07) is 17.0. The lowest BCUT2D eigenvalue weighted by atomic mass is 9.92. The van der Waals surface area contributed by atoms with E-state index in [0.717, 1.165) is 37.9 Å². The zero-order valence-corrected chi connectivity index (χ0v) is 16.1. The van der Waals surface area contributed by atoms with Crippen molar-refractivity contribution in [3.05, 3.63) is 59.7 Å². The topological polar surface area (TPSA) is 41.1 Å². The highest BCUT2D eigenvalue weighted by Gasteiger charge is 2.57. The van der Waals surface area contributed by atoms with E-state index in [2.05, 4.69) is 66.1 Å². The molecule has 4 heteroatoms. The number of nitrogens with one attached hydrogen (secondary N) is 2. The van der Waals surface area contributed by atoms with Crippen LogP contribution >= 0.6 is 12.4 Å². The molecule has 1 saturated heterocycles. The van der Waals surface area contributed by atoms with E-state index < -0.39 is 0 Å². The van der Waals surface area contributed by atoms with Crippen LogP contribution in [-0.4, -0.2) is 19.0 Å². The van der Waals surface area contributed by atoms with Crippen molar-refractivity contribution in [1.29, 1.82) is 0 Å². The summed E-state index contributed by atoms with van der Waals surface area (Å²) < 4.78 is 0. The fourth-order valence-corrected chi connectivity index (χ4v) is 4.19. The average molecular weight is 371 g/mol. The molecule has 1 aliphatic carbocycles. The Morgan fingerprint density at radius 1 is 1.12 bits per heavy atom. The van der Waals surface area contributed by atoms with E-state index in [0.29, 0.717) is 12.0 Å². The van der Waals surface area contributed by atoms with Crippen molar-refractivity contribution >= 4 is 18.3 Å². The molecule has 2 aliphatic rings. The SMILES string of the molecule is Cc1cccc(-c2cccc(CNC(=O)C3CC34CCNCC4)c2)c1.Cl. The van der Waals surface area contributed by atoms with Crippen LogP contribution in [-0.2, 0) is 11.3 Å². The highest BCUT2D eigenvalue weighted by Crippen LogP contribution is 2.58. The number of hydrogen-bond donors (Lipinski definition) is 2. The van der Waals surface area contributed by atoms with Gasteiger partial charge in [0.1, 0.15) is 0 Å². The smallest absolute Gasteiger partial charge is 0.223 e. The van der Waals surface area contributed by atoms with Crippen LogP contribution in [0.2, 0.25) is 0 Å². The van der Waals surface area contributed by atoms with Crippen LogP contribution in [0.25, 0.3) is 11.1 Å². The summed E-state index contributed by atoms with van der Waals surface area (Å²) in [6.45, 7) is 4.84. The molecular weight excluding hydrogens is 344 g/mol. The van der Waals surface area contributed by atoms with Crippen molar-refractivity contribution in [2.24, 2.45) is 11.3 Å². The maximum atomic E-state index is 12.5. The number of carbonyl (C=O) groups is 1. The Morgan fingerprint density at radius 2 is 1.81 bits per heavy atom. The van der Waals surface area contributed by atoms with Gasteiger partial charge in [0.2, 0.25) is 5.91 Å². The zero-order valence-electron chi connectivity index (χ0n) is 15.3. The maximum Gasteiger partial charge on any atom is 0.223 e. The number of halogens is 1. The van der Waals surface area contributed by atoms with Gasteiger partial charge < -0.3 is 10.6 Å². The van der Waals surface area contributed by atoms with Gasteiger partial charge in [-0.3, -0.25) is 4.79 Å². The second-order valence-corrected chi connectivity index (χ2v) is 7.66. The van der Waals surface area contributed by atoms with Gasteiger partial charge in [-0.25, -0.2) is 0 Å². The van der Waals surface area contributed by atoms with Crippen LogP contribution in [0.1, 0.15) is 30.4 Å². The minimum absolute atomic E-state index is 0. The number of rotatable bonds is 4. The zero-order chi connectivity index (χ0) is 17.3. The molecule has 26 heavy (non-hydrogen) atoms. The second-order valence-electron chi connectivity index (χ2n) is 7.66. The van der Waals surface area contributed by atoms with E-state index >= 15 is 0 Å². The van der Waals surface area contributed by atoms with Crippen molar-refractivity contribution in [1.82, 2.24) is 10.6 Å². The van der Waals surface area contributed by atoms with Gasteiger partial charge >= 0.3 is 0 Å². The number of amides is 1. The molecule has 1 atom stereocenters. The van der Waals surface area contributed by atoms with Gasteiger partial charge in [0.05, 0.1) is 0 Å². The van der Waals surface area contributed by atoms with E-state index in [9.17, 15) is 4.79 Å². The Morgan fingerprint density at radius 3 is 2.54 bits per heavy atom. The molecule has 0 aromatic heterocycles. The molecule has 2 fully saturated rings. The van der Waals surface area contributed by atoms with E-state index in [4.69, 9.17) is 0 Å². The number of piperidine rings is 1. The van der Waals surface area contributed by atoms with Crippen molar-refractivity contribution in [2.45, 2.75) is 32.7 Å². The number of aryl methyl sites for hydroxylation is 1. The second kappa shape index (κ2) is 7.81. The molecular formula is C22H27ClN2O. The highest BCUT2D eigenvalue weighted by atomic mass is 35.5. The summed E-state index contributed by atoms with van der Waals surface area (Å²) in [7, 11) is 0. The first kappa shape index (κ1) is 18.9. The Bertz CT molecular complexity index is 783. The van der Waals surface area contributed by atoms with Crippen LogP contribution in [0, 0.1) is 18.3 Å². The third-order valence-corrected chi connectivity index (χ3v) is 5.85. The minimum Gasteiger partial charge on any atom is -0.352 e. The maximum absolute atomic E-state index is 12.5. The van der Waals surface area contributed by atoms with Crippen LogP contribution < -0.4 is 10.6 Å². The van der Waals surface area contributed by atoms with E-state index in [1.54, 1.807) is 0 Å². The number of hydrogen-bond acceptors (Lipinski definition) is 2. The Hall–Kier alpha value is -1.84. The third kappa shape index (κ3) is 3.94. The summed E-state index contributed by atoms with van der Waals surface area (Å²) in [5.41, 5.74) is 5.16. The predicted molar refractivity (Wildman–Crippen MR) is 108 cm³/mol. The Kier molecular flexibility index (Phi) is 5.69. The number of carbonyl (C=O) groups excluding carboxylic acids is 1. The van der Waals surface area contributed by atoms with Crippen molar-refractivity contribution in [3.63, 3.8) is 0 Å². The fraction of sp³-hybridized carbons (Fsp3) is 0.409. The Labute approximate surface area is 162 Å². The van der Waals surface area contributed by atoms with Crippen molar-refractivity contribution in [3.8, 4) is 11.1 Å². The summed E-state index contributed by atoms with van der Waals surface area (Å²) in [5.74, 6) is 0.470. The van der Waals surface area contributed by atoms with Gasteiger partial charge in [0, 0.05) is 12.5 Å². The predicted octanol–water partition coefficient (Wildman–Crippen LogP) is 4.09. The molecule has 2 N–H and O–H groups in total. The molecule has 1 aliphatic heterocycles. The number of benzene rings is 2. The van der Waals surface area contributed by atoms with E-state index in [1.165, 1.54) is 16.7 Å². The quantitative estimate of drug-likeness (QED) is 0.851. The molecule has 1 unspecified atom stereocenters. The molecule has 3 nitrogen and oxygen atoms in total. The van der Waals surface area contributed by atoms with Crippen LogP contribution in [0.4, 0.5) is 0 Å². The lowest BCUT2D eigenvalue weighted by molar-refractivity contribution is -0.123. The van der Waals surface area contributed by atoms with E-state index in [1.807, 2.05) is 0 Å². The standard InChI is InChI=1S/C22H26N2O.ClH/c1-16-4-2-6-18(12-16)19-7-3-5-17(13-19)15-24-21(25)20-14-22(20)8-10-23-11-9-22;/h2-7,12-13,20,23H,8-11,14-15H2,1H3,(H,24,25);1H. The van der Waals surface area contributed by atoms with Crippen molar-refractivity contribution < 1.29 is 4.79 Å².